The van der Waals surface area contributed by atoms with Gasteiger partial charge in [-0.15, -0.1) is 0 Å². The number of nitriles is 1. The van der Waals surface area contributed by atoms with Gasteiger partial charge < -0.3 is 10.1 Å². The molecule has 1 aliphatic rings. The molecule has 1 aromatic carbocycles. The Morgan fingerprint density at radius 1 is 1.37 bits per heavy atom. The van der Waals surface area contributed by atoms with Crippen LogP contribution in [0.5, 0.6) is 5.75 Å². The SMILES string of the molecule is CCOc1ccc2cc(C#N)c(SCC(=O)N[C@H]3CCCC[C@@H]3C)nc2c1. The second-order valence-electron chi connectivity index (χ2n) is 6.96. The van der Waals surface area contributed by atoms with Crippen LogP contribution in [0.3, 0.4) is 0 Å². The molecule has 27 heavy (non-hydrogen) atoms. The standard InChI is InChI=1S/C21H25N3O2S/c1-3-26-17-9-8-15-10-16(12-22)21(24-19(15)11-17)27-13-20(25)23-18-7-5-4-6-14(18)2/h8-11,14,18H,3-7,13H2,1-2H3,(H,23,25)/t14-,18-/m0/s1. The number of hydrogen-bond acceptors (Lipinski definition) is 5. The first-order valence-electron chi connectivity index (χ1n) is 9.50. The van der Waals surface area contributed by atoms with E-state index in [0.717, 1.165) is 23.1 Å². The van der Waals surface area contributed by atoms with E-state index in [1.54, 1.807) is 0 Å². The van der Waals surface area contributed by atoms with Crippen LogP contribution in [0.4, 0.5) is 0 Å². The zero-order chi connectivity index (χ0) is 19.2. The van der Waals surface area contributed by atoms with Crippen molar-refractivity contribution in [1.82, 2.24) is 10.3 Å². The Labute approximate surface area is 164 Å². The fourth-order valence-electron chi connectivity index (χ4n) is 3.49. The van der Waals surface area contributed by atoms with Crippen molar-refractivity contribution >= 4 is 28.6 Å². The Kier molecular flexibility index (Phi) is 6.57. The molecule has 0 aliphatic heterocycles. The lowest BCUT2D eigenvalue weighted by atomic mass is 9.86. The molecule has 1 amide bonds. The molecule has 2 aromatic rings. The molecule has 0 saturated heterocycles. The number of thioether (sulfide) groups is 1. The Morgan fingerprint density at radius 3 is 2.93 bits per heavy atom. The normalized spacial score (nSPS) is 19.4. The molecule has 5 nitrogen and oxygen atoms in total. The van der Waals surface area contributed by atoms with Crippen LogP contribution in [0.1, 0.15) is 45.1 Å². The summed E-state index contributed by atoms with van der Waals surface area (Å²) in [5.41, 5.74) is 1.26. The van der Waals surface area contributed by atoms with Gasteiger partial charge in [-0.3, -0.25) is 4.79 Å². The van der Waals surface area contributed by atoms with Gasteiger partial charge in [0.1, 0.15) is 16.8 Å². The summed E-state index contributed by atoms with van der Waals surface area (Å²) in [6.07, 6.45) is 4.65. The van der Waals surface area contributed by atoms with Gasteiger partial charge in [0, 0.05) is 17.5 Å². The summed E-state index contributed by atoms with van der Waals surface area (Å²) in [6, 6.07) is 9.93. The first kappa shape index (κ1) is 19.5. The zero-order valence-corrected chi connectivity index (χ0v) is 16.6. The van der Waals surface area contributed by atoms with Crippen molar-refractivity contribution in [1.29, 1.82) is 5.26 Å². The van der Waals surface area contributed by atoms with Crippen molar-refractivity contribution < 1.29 is 9.53 Å². The number of pyridine rings is 1. The number of amides is 1. The number of nitrogens with one attached hydrogen (secondary N) is 1. The van der Waals surface area contributed by atoms with Crippen LogP contribution in [0.25, 0.3) is 10.9 Å². The Balaban J connectivity index is 1.71. The highest BCUT2D eigenvalue weighted by Gasteiger charge is 2.23. The van der Waals surface area contributed by atoms with Crippen LogP contribution in [0, 0.1) is 17.2 Å². The van der Waals surface area contributed by atoms with E-state index >= 15 is 0 Å². The molecular weight excluding hydrogens is 358 g/mol. The van der Waals surface area contributed by atoms with Gasteiger partial charge in [0.2, 0.25) is 5.91 Å². The average molecular weight is 384 g/mol. The monoisotopic (exact) mass is 383 g/mol. The number of ether oxygens (including phenoxy) is 1. The predicted molar refractivity (Wildman–Crippen MR) is 108 cm³/mol. The van der Waals surface area contributed by atoms with Crippen LogP contribution in [-0.4, -0.2) is 29.3 Å². The lowest BCUT2D eigenvalue weighted by Crippen LogP contribution is -2.41. The summed E-state index contributed by atoms with van der Waals surface area (Å²) in [6.45, 7) is 4.72. The molecule has 3 rings (SSSR count). The van der Waals surface area contributed by atoms with E-state index in [4.69, 9.17) is 4.74 Å². The Morgan fingerprint density at radius 2 is 2.19 bits per heavy atom. The maximum absolute atomic E-state index is 12.4. The lowest BCUT2D eigenvalue weighted by molar-refractivity contribution is -0.119. The van der Waals surface area contributed by atoms with Crippen LogP contribution in [0.2, 0.25) is 0 Å². The summed E-state index contributed by atoms with van der Waals surface area (Å²) in [5.74, 6) is 1.55. The minimum atomic E-state index is 0.00704. The number of fused-ring (bicyclic) bond motifs is 1. The average Bonchev–Trinajstić information content (AvgIpc) is 2.67. The van der Waals surface area contributed by atoms with E-state index < -0.39 is 0 Å². The minimum absolute atomic E-state index is 0.00704. The minimum Gasteiger partial charge on any atom is -0.494 e. The van der Waals surface area contributed by atoms with Crippen LogP contribution >= 0.6 is 11.8 Å². The molecule has 1 N–H and O–H groups in total. The summed E-state index contributed by atoms with van der Waals surface area (Å²) < 4.78 is 5.53. The van der Waals surface area contributed by atoms with E-state index in [2.05, 4.69) is 23.3 Å². The van der Waals surface area contributed by atoms with Crippen molar-refractivity contribution in [2.24, 2.45) is 5.92 Å². The first-order valence-corrected chi connectivity index (χ1v) is 10.5. The van der Waals surface area contributed by atoms with E-state index in [0.29, 0.717) is 23.1 Å². The predicted octanol–water partition coefficient (Wildman–Crippen LogP) is 4.29. The lowest BCUT2D eigenvalue weighted by Gasteiger charge is -2.29. The topological polar surface area (TPSA) is 75.0 Å². The van der Waals surface area contributed by atoms with Gasteiger partial charge in [-0.2, -0.15) is 5.26 Å². The molecule has 1 aliphatic carbocycles. The molecule has 0 radical (unpaired) electrons. The molecule has 142 valence electrons. The van der Waals surface area contributed by atoms with Gasteiger partial charge in [0.05, 0.1) is 23.4 Å². The van der Waals surface area contributed by atoms with Crippen LogP contribution < -0.4 is 10.1 Å². The molecule has 1 fully saturated rings. The van der Waals surface area contributed by atoms with Gasteiger partial charge in [-0.25, -0.2) is 4.98 Å². The number of rotatable bonds is 6. The molecular formula is C21H25N3O2S. The number of carbonyl (C=O) groups is 1. The molecule has 6 heteroatoms. The Hall–Kier alpha value is -2.26. The molecule has 0 bridgehead atoms. The number of aromatic nitrogens is 1. The van der Waals surface area contributed by atoms with Crippen molar-refractivity contribution in [3.05, 3.63) is 29.8 Å². The maximum atomic E-state index is 12.4. The number of nitrogens with zero attached hydrogens (tertiary/aromatic N) is 2. The number of hydrogen-bond donors (Lipinski definition) is 1. The highest BCUT2D eigenvalue weighted by Crippen LogP contribution is 2.28. The maximum Gasteiger partial charge on any atom is 0.230 e. The van der Waals surface area contributed by atoms with Gasteiger partial charge in [-0.1, -0.05) is 31.5 Å². The second kappa shape index (κ2) is 9.09. The fourth-order valence-corrected chi connectivity index (χ4v) is 4.26. The largest absolute Gasteiger partial charge is 0.494 e. The highest BCUT2D eigenvalue weighted by molar-refractivity contribution is 8.00. The third-order valence-electron chi connectivity index (χ3n) is 4.98. The van der Waals surface area contributed by atoms with Crippen molar-refractivity contribution in [3.8, 4) is 11.8 Å². The fraction of sp³-hybridized carbons (Fsp3) is 0.476. The highest BCUT2D eigenvalue weighted by atomic mass is 32.2. The van der Waals surface area contributed by atoms with Crippen LogP contribution in [0.15, 0.2) is 29.3 Å². The zero-order valence-electron chi connectivity index (χ0n) is 15.8. The van der Waals surface area contributed by atoms with E-state index in [9.17, 15) is 10.1 Å². The molecule has 2 atom stereocenters. The smallest absolute Gasteiger partial charge is 0.230 e. The van der Waals surface area contributed by atoms with Gasteiger partial charge >= 0.3 is 0 Å². The number of carbonyl (C=O) groups excluding carboxylic acids is 1. The number of benzene rings is 1. The van der Waals surface area contributed by atoms with Crippen molar-refractivity contribution in [2.45, 2.75) is 50.6 Å². The Bertz CT molecular complexity index is 862. The molecule has 0 unspecified atom stereocenters. The summed E-state index contributed by atoms with van der Waals surface area (Å²) in [4.78, 5) is 17.0. The summed E-state index contributed by atoms with van der Waals surface area (Å²) in [5, 5.41) is 14.1. The summed E-state index contributed by atoms with van der Waals surface area (Å²) >= 11 is 1.32. The van der Waals surface area contributed by atoms with Crippen LogP contribution in [-0.2, 0) is 4.79 Å². The molecule has 0 spiro atoms. The summed E-state index contributed by atoms with van der Waals surface area (Å²) in [7, 11) is 0. The molecule has 1 aromatic heterocycles. The third-order valence-corrected chi connectivity index (χ3v) is 5.97. The first-order chi connectivity index (χ1) is 13.1. The van der Waals surface area contributed by atoms with E-state index in [-0.39, 0.29) is 17.7 Å². The molecule has 1 heterocycles. The second-order valence-corrected chi connectivity index (χ2v) is 7.93. The van der Waals surface area contributed by atoms with Gasteiger partial charge in [0.15, 0.2) is 0 Å². The van der Waals surface area contributed by atoms with Crippen molar-refractivity contribution in [2.75, 3.05) is 12.4 Å². The third kappa shape index (κ3) is 4.92. The van der Waals surface area contributed by atoms with Gasteiger partial charge in [-0.05, 0) is 43.9 Å². The quantitative estimate of drug-likeness (QED) is 0.753. The van der Waals surface area contributed by atoms with Crippen molar-refractivity contribution in [3.63, 3.8) is 0 Å². The van der Waals surface area contributed by atoms with E-state index in [1.807, 2.05) is 31.2 Å². The van der Waals surface area contributed by atoms with E-state index in [1.165, 1.54) is 31.0 Å². The molecule has 1 saturated carbocycles. The van der Waals surface area contributed by atoms with Gasteiger partial charge in [0.25, 0.3) is 0 Å².